The number of amides is 1. The third-order valence-electron chi connectivity index (χ3n) is 4.52. The van der Waals surface area contributed by atoms with Gasteiger partial charge in [0.1, 0.15) is 5.76 Å². The van der Waals surface area contributed by atoms with Gasteiger partial charge in [0.2, 0.25) is 0 Å². The summed E-state index contributed by atoms with van der Waals surface area (Å²) in [7, 11) is 1.59. The molecule has 2 aromatic rings. The molecule has 0 saturated carbocycles. The van der Waals surface area contributed by atoms with E-state index in [1.807, 2.05) is 30.3 Å². The van der Waals surface area contributed by atoms with Crippen LogP contribution >= 0.6 is 11.6 Å². The third kappa shape index (κ3) is 3.89. The number of carbonyl (C=O) groups excluding carboxylic acids is 2. The van der Waals surface area contributed by atoms with Crippen LogP contribution in [0, 0.1) is 0 Å². The molecule has 1 saturated heterocycles. The van der Waals surface area contributed by atoms with E-state index in [-0.39, 0.29) is 11.3 Å². The van der Waals surface area contributed by atoms with Gasteiger partial charge in [-0.15, -0.1) is 0 Å². The number of methoxy groups -OCH3 is 1. The van der Waals surface area contributed by atoms with Crippen molar-refractivity contribution in [1.82, 2.24) is 4.90 Å². The summed E-state index contributed by atoms with van der Waals surface area (Å²) in [5.41, 5.74) is 1.30. The van der Waals surface area contributed by atoms with Crippen LogP contribution in [0.4, 0.5) is 0 Å². The van der Waals surface area contributed by atoms with E-state index in [0.29, 0.717) is 30.2 Å². The van der Waals surface area contributed by atoms with Crippen molar-refractivity contribution in [3.05, 3.63) is 76.3 Å². The SMILES string of the molecule is COCCCN1C(=O)C(=O)/C(=C(/O)c2ccc(Cl)cc2)[C@H]1c1ccccc1. The van der Waals surface area contributed by atoms with E-state index in [2.05, 4.69) is 0 Å². The molecule has 0 bridgehead atoms. The van der Waals surface area contributed by atoms with E-state index in [4.69, 9.17) is 16.3 Å². The van der Waals surface area contributed by atoms with Gasteiger partial charge in [-0.2, -0.15) is 0 Å². The molecule has 0 spiro atoms. The molecular formula is C21H20ClNO4. The Morgan fingerprint density at radius 3 is 2.41 bits per heavy atom. The Morgan fingerprint density at radius 2 is 1.78 bits per heavy atom. The number of nitrogens with zero attached hydrogens (tertiary/aromatic N) is 1. The summed E-state index contributed by atoms with van der Waals surface area (Å²) in [5.74, 6) is -1.50. The summed E-state index contributed by atoms with van der Waals surface area (Å²) in [6.45, 7) is 0.830. The molecule has 1 atom stereocenters. The minimum atomic E-state index is -0.686. The maximum atomic E-state index is 12.7. The second-order valence-electron chi connectivity index (χ2n) is 6.26. The number of rotatable bonds is 6. The van der Waals surface area contributed by atoms with E-state index in [0.717, 1.165) is 5.56 Å². The predicted molar refractivity (Wildman–Crippen MR) is 103 cm³/mol. The van der Waals surface area contributed by atoms with Gasteiger partial charge in [-0.05, 0) is 36.2 Å². The monoisotopic (exact) mass is 385 g/mol. The Labute approximate surface area is 162 Å². The van der Waals surface area contributed by atoms with E-state index < -0.39 is 17.7 Å². The van der Waals surface area contributed by atoms with Crippen molar-refractivity contribution in [2.75, 3.05) is 20.3 Å². The number of aliphatic hydroxyl groups excluding tert-OH is 1. The number of likely N-dealkylation sites (tertiary alicyclic amines) is 1. The molecule has 2 aromatic carbocycles. The fourth-order valence-corrected chi connectivity index (χ4v) is 3.36. The van der Waals surface area contributed by atoms with Crippen LogP contribution in [0.2, 0.25) is 5.02 Å². The number of ketones is 1. The standard InChI is InChI=1S/C21H20ClNO4/c1-27-13-5-12-23-18(14-6-3-2-4-7-14)17(20(25)21(23)26)19(24)15-8-10-16(22)11-9-15/h2-4,6-11,18,24H,5,12-13H2,1H3/b19-17+/t18-/m1/s1. The van der Waals surface area contributed by atoms with Gasteiger partial charge < -0.3 is 14.7 Å². The number of carbonyl (C=O) groups is 2. The van der Waals surface area contributed by atoms with Crippen LogP contribution in [0.15, 0.2) is 60.2 Å². The van der Waals surface area contributed by atoms with Crippen molar-refractivity contribution in [1.29, 1.82) is 0 Å². The molecule has 0 unspecified atom stereocenters. The minimum absolute atomic E-state index is 0.0888. The molecule has 140 valence electrons. The largest absolute Gasteiger partial charge is 0.507 e. The zero-order valence-corrected chi connectivity index (χ0v) is 15.6. The lowest BCUT2D eigenvalue weighted by atomic mass is 9.95. The van der Waals surface area contributed by atoms with Crippen LogP contribution in [0.1, 0.15) is 23.6 Å². The first kappa shape index (κ1) is 19.1. The summed E-state index contributed by atoms with van der Waals surface area (Å²) in [6, 6.07) is 15.1. The molecule has 0 radical (unpaired) electrons. The van der Waals surface area contributed by atoms with Gasteiger partial charge in [-0.1, -0.05) is 41.9 Å². The first-order valence-corrected chi connectivity index (χ1v) is 9.00. The number of benzene rings is 2. The van der Waals surface area contributed by atoms with Gasteiger partial charge in [0.05, 0.1) is 11.6 Å². The molecule has 1 fully saturated rings. The first-order valence-electron chi connectivity index (χ1n) is 8.63. The fraction of sp³-hybridized carbons (Fsp3) is 0.238. The Hall–Kier alpha value is -2.63. The first-order chi connectivity index (χ1) is 13.0. The molecule has 1 aliphatic heterocycles. The molecule has 3 rings (SSSR count). The highest BCUT2D eigenvalue weighted by Crippen LogP contribution is 2.39. The van der Waals surface area contributed by atoms with Gasteiger partial charge in [-0.3, -0.25) is 9.59 Å². The molecule has 0 aliphatic carbocycles. The molecular weight excluding hydrogens is 366 g/mol. The smallest absolute Gasteiger partial charge is 0.295 e. The summed E-state index contributed by atoms with van der Waals surface area (Å²) in [5, 5.41) is 11.4. The lowest BCUT2D eigenvalue weighted by Gasteiger charge is -2.25. The molecule has 1 amide bonds. The second kappa shape index (κ2) is 8.37. The molecule has 5 nitrogen and oxygen atoms in total. The van der Waals surface area contributed by atoms with Crippen LogP contribution < -0.4 is 0 Å². The van der Waals surface area contributed by atoms with E-state index >= 15 is 0 Å². The van der Waals surface area contributed by atoms with Gasteiger partial charge in [0.25, 0.3) is 11.7 Å². The highest BCUT2D eigenvalue weighted by molar-refractivity contribution is 6.46. The van der Waals surface area contributed by atoms with Gasteiger partial charge in [0, 0.05) is 30.8 Å². The number of hydrogen-bond acceptors (Lipinski definition) is 4. The van der Waals surface area contributed by atoms with Crippen LogP contribution in [-0.4, -0.2) is 42.0 Å². The number of Topliss-reactive ketones (excluding diaryl/α,β-unsaturated/α-hetero) is 1. The average Bonchev–Trinajstić information content (AvgIpc) is 2.94. The number of ether oxygens (including phenoxy) is 1. The molecule has 0 aromatic heterocycles. The van der Waals surface area contributed by atoms with E-state index in [1.165, 1.54) is 4.90 Å². The fourth-order valence-electron chi connectivity index (χ4n) is 3.24. The molecule has 27 heavy (non-hydrogen) atoms. The Bertz CT molecular complexity index is 862. The van der Waals surface area contributed by atoms with Crippen LogP contribution in [-0.2, 0) is 14.3 Å². The van der Waals surface area contributed by atoms with Crippen LogP contribution in [0.25, 0.3) is 5.76 Å². The quantitative estimate of drug-likeness (QED) is 0.355. The Kier molecular flexibility index (Phi) is 5.94. The zero-order valence-electron chi connectivity index (χ0n) is 14.9. The highest BCUT2D eigenvalue weighted by atomic mass is 35.5. The van der Waals surface area contributed by atoms with Gasteiger partial charge in [-0.25, -0.2) is 0 Å². The molecule has 1 N–H and O–H groups in total. The molecule has 6 heteroatoms. The Balaban J connectivity index is 2.09. The molecule has 1 heterocycles. The normalized spacial score (nSPS) is 18.9. The zero-order chi connectivity index (χ0) is 19.4. The van der Waals surface area contributed by atoms with Crippen molar-refractivity contribution in [3.8, 4) is 0 Å². The maximum absolute atomic E-state index is 12.7. The maximum Gasteiger partial charge on any atom is 0.295 e. The summed E-state index contributed by atoms with van der Waals surface area (Å²) < 4.78 is 5.06. The van der Waals surface area contributed by atoms with Gasteiger partial charge >= 0.3 is 0 Å². The van der Waals surface area contributed by atoms with E-state index in [1.54, 1.807) is 31.4 Å². The number of halogens is 1. The van der Waals surface area contributed by atoms with Crippen LogP contribution in [0.3, 0.4) is 0 Å². The van der Waals surface area contributed by atoms with Crippen molar-refractivity contribution in [2.45, 2.75) is 12.5 Å². The lowest BCUT2D eigenvalue weighted by Crippen LogP contribution is -2.31. The van der Waals surface area contributed by atoms with Crippen molar-refractivity contribution < 1.29 is 19.4 Å². The second-order valence-corrected chi connectivity index (χ2v) is 6.69. The predicted octanol–water partition coefficient (Wildman–Crippen LogP) is 3.80. The van der Waals surface area contributed by atoms with Crippen molar-refractivity contribution in [3.63, 3.8) is 0 Å². The van der Waals surface area contributed by atoms with E-state index in [9.17, 15) is 14.7 Å². The van der Waals surface area contributed by atoms with Crippen LogP contribution in [0.5, 0.6) is 0 Å². The minimum Gasteiger partial charge on any atom is -0.507 e. The lowest BCUT2D eigenvalue weighted by molar-refractivity contribution is -0.140. The summed E-state index contributed by atoms with van der Waals surface area (Å²) in [6.07, 6.45) is 0.591. The summed E-state index contributed by atoms with van der Waals surface area (Å²) >= 11 is 5.91. The average molecular weight is 386 g/mol. The highest BCUT2D eigenvalue weighted by Gasteiger charge is 2.45. The van der Waals surface area contributed by atoms with Gasteiger partial charge in [0.15, 0.2) is 0 Å². The Morgan fingerprint density at radius 1 is 1.11 bits per heavy atom. The molecule has 1 aliphatic rings. The number of hydrogen-bond donors (Lipinski definition) is 1. The number of aliphatic hydroxyl groups is 1. The summed E-state index contributed by atoms with van der Waals surface area (Å²) in [4.78, 5) is 26.9. The van der Waals surface area contributed by atoms with Crippen molar-refractivity contribution in [2.24, 2.45) is 0 Å². The topological polar surface area (TPSA) is 66.8 Å². The third-order valence-corrected chi connectivity index (χ3v) is 4.77. The van der Waals surface area contributed by atoms with Crippen molar-refractivity contribution >= 4 is 29.1 Å².